The monoisotopic (exact) mass is 774 g/mol. The number of piperidine rings is 3. The second-order valence-corrected chi connectivity index (χ2v) is 16.3. The summed E-state index contributed by atoms with van der Waals surface area (Å²) in [6, 6.07) is 9.99. The molecule has 1 aromatic heterocycles. The zero-order chi connectivity index (χ0) is 37.8. The number of carbonyl (C=O) groups excluding carboxylic acids is 2. The Morgan fingerprint density at radius 3 is 2.33 bits per heavy atom. The number of ether oxygens (including phenoxy) is 2. The third-order valence-electron chi connectivity index (χ3n) is 10.8. The van der Waals surface area contributed by atoms with Gasteiger partial charge in [0.25, 0.3) is 5.56 Å². The average molecular weight is 775 g/mol. The van der Waals surface area contributed by atoms with Gasteiger partial charge >= 0.3 is 6.18 Å². The highest BCUT2D eigenvalue weighted by Crippen LogP contribution is 2.34. The Kier molecular flexibility index (Phi) is 12.0. The predicted molar refractivity (Wildman–Crippen MR) is 197 cm³/mol. The van der Waals surface area contributed by atoms with Crippen LogP contribution < -0.4 is 25.7 Å². The first-order chi connectivity index (χ1) is 25.9. The summed E-state index contributed by atoms with van der Waals surface area (Å²) in [4.78, 5) is 47.2. The fraction of sp³-hybridized carbons (Fsp3) is 0.579. The van der Waals surface area contributed by atoms with E-state index in [1.54, 1.807) is 17.8 Å². The first-order valence-corrected chi connectivity index (χ1v) is 19.8. The summed E-state index contributed by atoms with van der Waals surface area (Å²) in [6.45, 7) is 3.23. The zero-order valence-corrected chi connectivity index (χ0v) is 30.8. The minimum Gasteiger partial charge on any atom is -0.493 e. The van der Waals surface area contributed by atoms with Crippen molar-refractivity contribution in [3.63, 3.8) is 0 Å². The summed E-state index contributed by atoms with van der Waals surface area (Å²) in [6.07, 6.45) is 1.93. The van der Waals surface area contributed by atoms with Gasteiger partial charge in [-0.05, 0) is 107 Å². The van der Waals surface area contributed by atoms with Crippen molar-refractivity contribution < 1.29 is 36.6 Å². The molecule has 54 heavy (non-hydrogen) atoms. The molecular formula is C38H46F4N6O5S. The van der Waals surface area contributed by atoms with Crippen LogP contribution in [-0.2, 0) is 15.3 Å². The number of alkyl halides is 3. The summed E-state index contributed by atoms with van der Waals surface area (Å²) < 4.78 is 65.4. The Balaban J connectivity index is 0.808. The molecule has 4 fully saturated rings. The Labute approximate surface area is 314 Å². The minimum atomic E-state index is -4.21. The topological polar surface area (TPSA) is 129 Å². The molecule has 1 unspecified atom stereocenters. The number of imide groups is 1. The van der Waals surface area contributed by atoms with Gasteiger partial charge < -0.3 is 24.7 Å². The zero-order valence-electron chi connectivity index (χ0n) is 30.0. The molecule has 3 aromatic rings. The van der Waals surface area contributed by atoms with Gasteiger partial charge in [-0.15, -0.1) is 0 Å². The lowest BCUT2D eigenvalue weighted by molar-refractivity contribution is -0.147. The summed E-state index contributed by atoms with van der Waals surface area (Å²) in [7, 11) is 0. The van der Waals surface area contributed by atoms with Gasteiger partial charge in [0.05, 0.1) is 30.5 Å². The molecule has 4 aliphatic rings. The molecule has 292 valence electrons. The molecule has 0 spiro atoms. The van der Waals surface area contributed by atoms with Crippen molar-refractivity contribution >= 4 is 40.2 Å². The van der Waals surface area contributed by atoms with Crippen molar-refractivity contribution in [2.24, 2.45) is 11.8 Å². The molecule has 3 saturated heterocycles. The molecule has 0 bridgehead atoms. The second-order valence-electron chi connectivity index (χ2n) is 15.0. The molecule has 1 aliphatic carbocycles. The van der Waals surface area contributed by atoms with Crippen LogP contribution in [-0.4, -0.2) is 101 Å². The quantitative estimate of drug-likeness (QED) is 0.152. The maximum atomic E-state index is 15.0. The first-order valence-electron chi connectivity index (χ1n) is 18.8. The number of nitrogens with zero attached hydrogens (tertiary/aromatic N) is 3. The van der Waals surface area contributed by atoms with Crippen LogP contribution in [0.5, 0.6) is 11.5 Å². The van der Waals surface area contributed by atoms with Crippen molar-refractivity contribution in [3.05, 3.63) is 58.4 Å². The number of H-pyrrole nitrogens is 1. The van der Waals surface area contributed by atoms with Crippen LogP contribution in [0.4, 0.5) is 23.2 Å². The van der Waals surface area contributed by atoms with Gasteiger partial charge in [0.1, 0.15) is 34.6 Å². The van der Waals surface area contributed by atoms with Crippen molar-refractivity contribution in [1.29, 1.82) is 0 Å². The highest BCUT2D eigenvalue weighted by molar-refractivity contribution is 7.99. The molecule has 11 nitrogen and oxygen atoms in total. The maximum Gasteiger partial charge on any atom is 0.401 e. The Bertz CT molecular complexity index is 1840. The number of anilines is 1. The molecule has 0 radical (unpaired) electrons. The van der Waals surface area contributed by atoms with Gasteiger partial charge in [0, 0.05) is 36.0 Å². The van der Waals surface area contributed by atoms with E-state index in [9.17, 15) is 27.6 Å². The minimum absolute atomic E-state index is 0.120. The number of hydrogen-bond acceptors (Lipinski definition) is 10. The highest BCUT2D eigenvalue weighted by atomic mass is 32.2. The number of carbonyl (C=O) groups is 2. The molecule has 3 N–H and O–H groups in total. The molecule has 1 atom stereocenters. The van der Waals surface area contributed by atoms with Crippen molar-refractivity contribution in [3.8, 4) is 11.5 Å². The lowest BCUT2D eigenvalue weighted by Crippen LogP contribution is -2.47. The lowest BCUT2D eigenvalue weighted by Gasteiger charge is -2.40. The summed E-state index contributed by atoms with van der Waals surface area (Å²) >= 11 is 1.54. The van der Waals surface area contributed by atoms with Crippen LogP contribution in [0.15, 0.2) is 41.2 Å². The van der Waals surface area contributed by atoms with E-state index < -0.39 is 30.1 Å². The predicted octanol–water partition coefficient (Wildman–Crippen LogP) is 5.49. The van der Waals surface area contributed by atoms with Crippen LogP contribution in [0.2, 0.25) is 0 Å². The average Bonchev–Trinajstić information content (AvgIpc) is 3.11. The number of hydrogen-bond donors (Lipinski definition) is 3. The van der Waals surface area contributed by atoms with E-state index in [1.807, 2.05) is 24.3 Å². The molecule has 1 saturated carbocycles. The van der Waals surface area contributed by atoms with Crippen molar-refractivity contribution in [2.75, 3.05) is 51.2 Å². The van der Waals surface area contributed by atoms with E-state index in [0.29, 0.717) is 74.5 Å². The standard InChI is InChI=1S/C38H46F4N6O5S/c39-30-17-27(18-32-35(30)37(51)45-33(44-32)21-54-29-9-13-48(14-10-29)22-38(40,41)42)52-20-23-7-11-47(12-8-23)19-24-15-28(16-24)53-26-3-1-25(2-4-26)43-31-5-6-34(49)46-36(31)50/h1-4,17-18,23-24,28-29,31,43H,5-16,19-22H2,(H,44,45,51)(H,46,49,50). The van der Waals surface area contributed by atoms with Gasteiger partial charge in [-0.1, -0.05) is 0 Å². The van der Waals surface area contributed by atoms with Gasteiger partial charge in [0.2, 0.25) is 11.8 Å². The highest BCUT2D eigenvalue weighted by Gasteiger charge is 2.34. The van der Waals surface area contributed by atoms with Crippen LogP contribution in [0.1, 0.15) is 57.2 Å². The molecule has 4 heterocycles. The number of aromatic amines is 1. The number of amides is 2. The number of thioether (sulfide) groups is 1. The Morgan fingerprint density at radius 2 is 1.63 bits per heavy atom. The molecule has 16 heteroatoms. The summed E-state index contributed by atoms with van der Waals surface area (Å²) in [5.41, 5.74) is 0.464. The first kappa shape index (κ1) is 38.4. The van der Waals surface area contributed by atoms with Crippen LogP contribution in [0.25, 0.3) is 10.9 Å². The number of likely N-dealkylation sites (tertiary alicyclic amines) is 2. The largest absolute Gasteiger partial charge is 0.493 e. The normalized spacial score (nSPS) is 23.6. The number of halogens is 4. The van der Waals surface area contributed by atoms with E-state index in [1.165, 1.54) is 11.0 Å². The number of rotatable bonds is 13. The number of aromatic nitrogens is 2. The van der Waals surface area contributed by atoms with Gasteiger partial charge in [0.15, 0.2) is 0 Å². The van der Waals surface area contributed by atoms with Crippen LogP contribution >= 0.6 is 11.8 Å². The molecule has 7 rings (SSSR count). The fourth-order valence-corrected chi connectivity index (χ4v) is 8.85. The number of benzene rings is 2. The molecule has 2 amide bonds. The van der Waals surface area contributed by atoms with Gasteiger partial charge in [-0.25, -0.2) is 9.37 Å². The van der Waals surface area contributed by atoms with E-state index in [2.05, 4.69) is 25.5 Å². The Hall–Kier alpha value is -3.89. The lowest BCUT2D eigenvalue weighted by atomic mass is 9.81. The van der Waals surface area contributed by atoms with Crippen molar-refractivity contribution in [2.45, 2.75) is 80.7 Å². The number of fused-ring (bicyclic) bond motifs is 1. The Morgan fingerprint density at radius 1 is 0.907 bits per heavy atom. The van der Waals surface area contributed by atoms with Gasteiger partial charge in [-0.3, -0.25) is 24.6 Å². The van der Waals surface area contributed by atoms with Crippen molar-refractivity contribution in [1.82, 2.24) is 25.1 Å². The fourth-order valence-electron chi connectivity index (χ4n) is 7.77. The third-order valence-corrected chi connectivity index (χ3v) is 12.2. The number of nitrogens with one attached hydrogen (secondary N) is 3. The SMILES string of the molecule is O=C1CCC(Nc2ccc(OC3CC(CN4CCC(COc5cc(F)c6c(=O)[nH]c(CSC7CCN(CC(F)(F)F)CC7)nc6c5)CC4)C3)cc2)C(=O)N1. The van der Waals surface area contributed by atoms with E-state index in [-0.39, 0.29) is 34.1 Å². The van der Waals surface area contributed by atoms with E-state index in [0.717, 1.165) is 56.8 Å². The smallest absolute Gasteiger partial charge is 0.401 e. The summed E-state index contributed by atoms with van der Waals surface area (Å²) in [5.74, 6) is 1.57. The van der Waals surface area contributed by atoms with Gasteiger partial charge in [-0.2, -0.15) is 24.9 Å². The van der Waals surface area contributed by atoms with E-state index in [4.69, 9.17) is 9.47 Å². The third kappa shape index (κ3) is 10.2. The summed E-state index contributed by atoms with van der Waals surface area (Å²) in [5, 5.41) is 5.57. The second kappa shape index (κ2) is 16.9. The van der Waals surface area contributed by atoms with E-state index >= 15 is 4.39 Å². The molecular weight excluding hydrogens is 729 g/mol. The molecule has 3 aliphatic heterocycles. The van der Waals surface area contributed by atoms with Crippen LogP contribution in [0.3, 0.4) is 0 Å². The maximum absolute atomic E-state index is 15.0. The van der Waals surface area contributed by atoms with Crippen LogP contribution in [0, 0.1) is 17.7 Å². The molecule has 2 aromatic carbocycles.